The molecule has 2 aromatic carbocycles. The van der Waals surface area contributed by atoms with E-state index in [0.29, 0.717) is 17.5 Å². The summed E-state index contributed by atoms with van der Waals surface area (Å²) in [6.07, 6.45) is 0.661. The van der Waals surface area contributed by atoms with E-state index < -0.39 is 0 Å². The van der Waals surface area contributed by atoms with Gasteiger partial charge in [-0.1, -0.05) is 33.6 Å². The molecule has 3 amide bonds. The summed E-state index contributed by atoms with van der Waals surface area (Å²) in [5.74, 6) is -0.732. The van der Waals surface area contributed by atoms with Gasteiger partial charge >= 0.3 is 0 Å². The van der Waals surface area contributed by atoms with Gasteiger partial charge in [-0.05, 0) is 50.1 Å². The monoisotopic (exact) mass is 414 g/mol. The highest BCUT2D eigenvalue weighted by atomic mass is 79.9. The summed E-state index contributed by atoms with van der Waals surface area (Å²) in [7, 11) is 0. The molecule has 1 aliphatic rings. The highest BCUT2D eigenvalue weighted by Gasteiger charge is 2.35. The van der Waals surface area contributed by atoms with Gasteiger partial charge in [0.2, 0.25) is 5.91 Å². The summed E-state index contributed by atoms with van der Waals surface area (Å²) in [6.45, 7) is 4.17. The first-order valence-electron chi connectivity index (χ1n) is 8.39. The van der Waals surface area contributed by atoms with Crippen molar-refractivity contribution in [3.05, 3.63) is 63.1 Å². The van der Waals surface area contributed by atoms with Gasteiger partial charge < -0.3 is 5.32 Å². The molecule has 0 fully saturated rings. The molecule has 0 aliphatic carbocycles. The summed E-state index contributed by atoms with van der Waals surface area (Å²) in [5, 5.41) is 2.88. The fourth-order valence-corrected chi connectivity index (χ4v) is 3.39. The standard InChI is InChI=1S/C20H19BrN2O3/c1-12-5-8-17(13(2)10-12)22-18(24)4-3-9-23-19(25)15-7-6-14(21)11-16(15)20(23)26/h5-8,10-11H,3-4,9H2,1-2H3,(H,22,24). The average Bonchev–Trinajstić information content (AvgIpc) is 2.82. The fraction of sp³-hybridized carbons (Fsp3) is 0.250. The van der Waals surface area contributed by atoms with Crippen molar-refractivity contribution in [1.29, 1.82) is 0 Å². The molecule has 6 heteroatoms. The third-order valence-corrected chi connectivity index (χ3v) is 4.87. The molecule has 26 heavy (non-hydrogen) atoms. The molecular formula is C20H19BrN2O3. The molecule has 0 bridgehead atoms. The maximum Gasteiger partial charge on any atom is 0.261 e. The van der Waals surface area contributed by atoms with E-state index in [1.165, 1.54) is 4.90 Å². The number of amides is 3. The smallest absolute Gasteiger partial charge is 0.261 e. The van der Waals surface area contributed by atoms with Crippen LogP contribution in [0, 0.1) is 13.8 Å². The molecular weight excluding hydrogens is 396 g/mol. The maximum atomic E-state index is 12.4. The van der Waals surface area contributed by atoms with Crippen LogP contribution in [0.3, 0.4) is 0 Å². The van der Waals surface area contributed by atoms with Crippen molar-refractivity contribution >= 4 is 39.3 Å². The Morgan fingerprint density at radius 1 is 1.04 bits per heavy atom. The number of hydrogen-bond donors (Lipinski definition) is 1. The molecule has 0 saturated heterocycles. The number of carbonyl (C=O) groups is 3. The first kappa shape index (κ1) is 18.3. The summed E-state index contributed by atoms with van der Waals surface area (Å²) in [5.41, 5.74) is 3.75. The predicted molar refractivity (Wildman–Crippen MR) is 103 cm³/mol. The van der Waals surface area contributed by atoms with Crippen molar-refractivity contribution in [1.82, 2.24) is 4.90 Å². The molecule has 0 aromatic heterocycles. The summed E-state index contributed by atoms with van der Waals surface area (Å²) >= 11 is 3.31. The number of halogens is 1. The number of aryl methyl sites for hydroxylation is 2. The quantitative estimate of drug-likeness (QED) is 0.749. The predicted octanol–water partition coefficient (Wildman–Crippen LogP) is 4.08. The van der Waals surface area contributed by atoms with Gasteiger partial charge in [0, 0.05) is 23.1 Å². The lowest BCUT2D eigenvalue weighted by molar-refractivity contribution is -0.116. The minimum absolute atomic E-state index is 0.128. The van der Waals surface area contributed by atoms with Crippen LogP contribution in [0.15, 0.2) is 40.9 Å². The second kappa shape index (κ2) is 7.41. The van der Waals surface area contributed by atoms with Crippen LogP contribution >= 0.6 is 15.9 Å². The Labute approximate surface area is 160 Å². The van der Waals surface area contributed by atoms with Gasteiger partial charge in [0.25, 0.3) is 11.8 Å². The Balaban J connectivity index is 1.56. The molecule has 5 nitrogen and oxygen atoms in total. The second-order valence-corrected chi connectivity index (χ2v) is 7.34. The summed E-state index contributed by atoms with van der Waals surface area (Å²) in [6, 6.07) is 10.9. The Bertz CT molecular complexity index is 908. The summed E-state index contributed by atoms with van der Waals surface area (Å²) < 4.78 is 0.757. The van der Waals surface area contributed by atoms with Gasteiger partial charge in [0.05, 0.1) is 11.1 Å². The molecule has 0 unspecified atom stereocenters. The Morgan fingerprint density at radius 2 is 1.77 bits per heavy atom. The first-order valence-corrected chi connectivity index (χ1v) is 9.19. The highest BCUT2D eigenvalue weighted by molar-refractivity contribution is 9.10. The molecule has 0 spiro atoms. The van der Waals surface area contributed by atoms with Crippen molar-refractivity contribution in [3.8, 4) is 0 Å². The van der Waals surface area contributed by atoms with Crippen molar-refractivity contribution < 1.29 is 14.4 Å². The lowest BCUT2D eigenvalue weighted by Gasteiger charge is -2.14. The zero-order valence-corrected chi connectivity index (χ0v) is 16.2. The van der Waals surface area contributed by atoms with Crippen LogP contribution < -0.4 is 5.32 Å². The van der Waals surface area contributed by atoms with Gasteiger partial charge in [-0.3, -0.25) is 19.3 Å². The minimum atomic E-state index is -0.305. The molecule has 1 aliphatic heterocycles. The van der Waals surface area contributed by atoms with E-state index in [2.05, 4.69) is 21.2 Å². The molecule has 0 saturated carbocycles. The SMILES string of the molecule is Cc1ccc(NC(=O)CCCN2C(=O)c3ccc(Br)cc3C2=O)c(C)c1. The number of imide groups is 1. The van der Waals surface area contributed by atoms with Gasteiger partial charge in [0.15, 0.2) is 0 Å². The number of anilines is 1. The number of nitrogens with zero attached hydrogens (tertiary/aromatic N) is 1. The lowest BCUT2D eigenvalue weighted by Crippen LogP contribution is -2.31. The van der Waals surface area contributed by atoms with E-state index in [9.17, 15) is 14.4 Å². The van der Waals surface area contributed by atoms with Crippen LogP contribution in [0.4, 0.5) is 5.69 Å². The van der Waals surface area contributed by atoms with E-state index in [0.717, 1.165) is 21.3 Å². The van der Waals surface area contributed by atoms with Crippen molar-refractivity contribution in [2.45, 2.75) is 26.7 Å². The summed E-state index contributed by atoms with van der Waals surface area (Å²) in [4.78, 5) is 38.1. The number of benzene rings is 2. The average molecular weight is 415 g/mol. The number of hydrogen-bond acceptors (Lipinski definition) is 3. The van der Waals surface area contributed by atoms with Crippen molar-refractivity contribution in [2.24, 2.45) is 0 Å². The third-order valence-electron chi connectivity index (χ3n) is 4.37. The van der Waals surface area contributed by atoms with Gasteiger partial charge in [-0.2, -0.15) is 0 Å². The first-order chi connectivity index (χ1) is 12.4. The zero-order chi connectivity index (χ0) is 18.8. The Kier molecular flexibility index (Phi) is 5.23. The van der Waals surface area contributed by atoms with E-state index in [4.69, 9.17) is 0 Å². The van der Waals surface area contributed by atoms with Gasteiger partial charge in [-0.15, -0.1) is 0 Å². The zero-order valence-electron chi connectivity index (χ0n) is 14.6. The van der Waals surface area contributed by atoms with Crippen LogP contribution in [-0.2, 0) is 4.79 Å². The molecule has 3 rings (SSSR count). The van der Waals surface area contributed by atoms with Gasteiger partial charge in [-0.25, -0.2) is 0 Å². The molecule has 1 heterocycles. The number of carbonyl (C=O) groups excluding carboxylic acids is 3. The number of rotatable bonds is 5. The topological polar surface area (TPSA) is 66.5 Å². The van der Waals surface area contributed by atoms with Crippen molar-refractivity contribution in [2.75, 3.05) is 11.9 Å². The normalized spacial score (nSPS) is 13.1. The number of fused-ring (bicyclic) bond motifs is 1. The number of nitrogens with one attached hydrogen (secondary N) is 1. The lowest BCUT2D eigenvalue weighted by atomic mass is 10.1. The van der Waals surface area contributed by atoms with Crippen LogP contribution in [0.1, 0.15) is 44.7 Å². The van der Waals surface area contributed by atoms with E-state index in [1.54, 1.807) is 18.2 Å². The molecule has 0 atom stereocenters. The van der Waals surface area contributed by atoms with Crippen molar-refractivity contribution in [3.63, 3.8) is 0 Å². The van der Waals surface area contributed by atoms with E-state index >= 15 is 0 Å². The molecule has 134 valence electrons. The Morgan fingerprint density at radius 3 is 2.50 bits per heavy atom. The highest BCUT2D eigenvalue weighted by Crippen LogP contribution is 2.26. The van der Waals surface area contributed by atoms with Crippen LogP contribution in [0.5, 0.6) is 0 Å². The largest absolute Gasteiger partial charge is 0.326 e. The Hall–Kier alpha value is -2.47. The van der Waals surface area contributed by atoms with Crippen LogP contribution in [0.25, 0.3) is 0 Å². The molecule has 0 radical (unpaired) electrons. The third kappa shape index (κ3) is 3.70. The van der Waals surface area contributed by atoms with Crippen LogP contribution in [0.2, 0.25) is 0 Å². The molecule has 2 aromatic rings. The molecule has 1 N–H and O–H groups in total. The minimum Gasteiger partial charge on any atom is -0.326 e. The van der Waals surface area contributed by atoms with E-state index in [-0.39, 0.29) is 30.7 Å². The second-order valence-electron chi connectivity index (χ2n) is 6.42. The van der Waals surface area contributed by atoms with Crippen LogP contribution in [-0.4, -0.2) is 29.2 Å². The van der Waals surface area contributed by atoms with E-state index in [1.807, 2.05) is 32.0 Å². The fourth-order valence-electron chi connectivity index (χ4n) is 3.03. The maximum absolute atomic E-state index is 12.4. The van der Waals surface area contributed by atoms with Gasteiger partial charge in [0.1, 0.15) is 0 Å².